The van der Waals surface area contributed by atoms with Crippen LogP contribution < -0.4 is 20.1 Å². The van der Waals surface area contributed by atoms with Crippen molar-refractivity contribution < 1.29 is 14.3 Å². The molecule has 0 spiro atoms. The highest BCUT2D eigenvalue weighted by Crippen LogP contribution is 2.35. The summed E-state index contributed by atoms with van der Waals surface area (Å²) in [6.45, 7) is 7.57. The van der Waals surface area contributed by atoms with E-state index in [1.807, 2.05) is 25.1 Å². The van der Waals surface area contributed by atoms with Crippen LogP contribution in [0.5, 0.6) is 11.5 Å². The molecule has 8 heteroatoms. The molecule has 1 aliphatic heterocycles. The Morgan fingerprint density at radius 2 is 2.07 bits per heavy atom. The molecule has 146 valence electrons. The highest BCUT2D eigenvalue weighted by Gasteiger charge is 2.19. The largest absolute Gasteiger partial charge is 0.454 e. The van der Waals surface area contributed by atoms with E-state index in [0.717, 1.165) is 38.7 Å². The maximum Gasteiger partial charge on any atom is 0.261 e. The molecule has 3 heterocycles. The van der Waals surface area contributed by atoms with Crippen molar-refractivity contribution in [2.75, 3.05) is 18.7 Å². The zero-order valence-electron chi connectivity index (χ0n) is 16.0. The smallest absolute Gasteiger partial charge is 0.261 e. The highest BCUT2D eigenvalue weighted by atomic mass is 32.1. The minimum absolute atomic E-state index is 0.0593. The van der Waals surface area contributed by atoms with E-state index in [4.69, 9.17) is 9.47 Å². The number of fused-ring (bicyclic) bond motifs is 2. The van der Waals surface area contributed by atoms with Crippen LogP contribution in [0.1, 0.15) is 34.6 Å². The van der Waals surface area contributed by atoms with E-state index in [-0.39, 0.29) is 12.7 Å². The van der Waals surface area contributed by atoms with Crippen LogP contribution in [-0.2, 0) is 6.54 Å². The van der Waals surface area contributed by atoms with Gasteiger partial charge < -0.3 is 20.1 Å². The molecule has 0 atom stereocenters. The molecule has 0 unspecified atom stereocenters. The molecule has 3 aromatic rings. The molecule has 4 rings (SSSR count). The lowest BCUT2D eigenvalue weighted by Crippen LogP contribution is -2.27. The Bertz CT molecular complexity index is 1030. The van der Waals surface area contributed by atoms with E-state index in [9.17, 15) is 4.79 Å². The van der Waals surface area contributed by atoms with Gasteiger partial charge in [-0.1, -0.05) is 19.9 Å². The first kappa shape index (κ1) is 18.5. The Morgan fingerprint density at radius 3 is 2.89 bits per heavy atom. The lowest BCUT2D eigenvalue weighted by molar-refractivity contribution is 0.0952. The van der Waals surface area contributed by atoms with E-state index in [1.165, 1.54) is 17.7 Å². The third kappa shape index (κ3) is 3.60. The van der Waals surface area contributed by atoms with E-state index >= 15 is 0 Å². The minimum atomic E-state index is -0.0593. The van der Waals surface area contributed by atoms with Crippen molar-refractivity contribution in [3.05, 3.63) is 40.5 Å². The fourth-order valence-electron chi connectivity index (χ4n) is 3.04. The molecule has 0 radical (unpaired) electrons. The summed E-state index contributed by atoms with van der Waals surface area (Å²) in [7, 11) is 0. The first-order chi connectivity index (χ1) is 13.5. The normalized spacial score (nSPS) is 12.6. The molecular formula is C20H22N4O3S. The summed E-state index contributed by atoms with van der Waals surface area (Å²) in [4.78, 5) is 22.8. The lowest BCUT2D eigenvalue weighted by Gasteiger charge is -2.09. The summed E-state index contributed by atoms with van der Waals surface area (Å²) >= 11 is 1.40. The van der Waals surface area contributed by atoms with Gasteiger partial charge in [-0.25, -0.2) is 9.97 Å². The van der Waals surface area contributed by atoms with Crippen LogP contribution in [0.25, 0.3) is 10.2 Å². The minimum Gasteiger partial charge on any atom is -0.454 e. The van der Waals surface area contributed by atoms with Gasteiger partial charge in [-0.2, -0.15) is 0 Å². The van der Waals surface area contributed by atoms with Crippen molar-refractivity contribution in [2.45, 2.75) is 27.3 Å². The SMILES string of the molecule is Cc1c(C(=O)NCC(C)C)sc2ncnc(NCc3ccc4c(c3)OCO4)c12. The number of hydrogen-bond acceptors (Lipinski definition) is 7. The van der Waals surface area contributed by atoms with Gasteiger partial charge in [-0.15, -0.1) is 11.3 Å². The van der Waals surface area contributed by atoms with Crippen molar-refractivity contribution in [1.29, 1.82) is 0 Å². The summed E-state index contributed by atoms with van der Waals surface area (Å²) in [6.07, 6.45) is 1.52. The second-order valence-electron chi connectivity index (χ2n) is 7.10. The summed E-state index contributed by atoms with van der Waals surface area (Å²) in [5.41, 5.74) is 1.95. The molecule has 0 fully saturated rings. The van der Waals surface area contributed by atoms with Crippen LogP contribution in [0, 0.1) is 12.8 Å². The Hall–Kier alpha value is -2.87. The summed E-state index contributed by atoms with van der Waals surface area (Å²) in [5.74, 6) is 2.58. The van der Waals surface area contributed by atoms with Gasteiger partial charge in [0.2, 0.25) is 6.79 Å². The van der Waals surface area contributed by atoms with Crippen LogP contribution in [0.3, 0.4) is 0 Å². The van der Waals surface area contributed by atoms with Crippen LogP contribution >= 0.6 is 11.3 Å². The monoisotopic (exact) mass is 398 g/mol. The molecule has 1 amide bonds. The maximum atomic E-state index is 12.5. The Kier molecular flexibility index (Phi) is 5.04. The van der Waals surface area contributed by atoms with Crippen molar-refractivity contribution in [1.82, 2.24) is 15.3 Å². The number of carbonyl (C=O) groups is 1. The standard InChI is InChI=1S/C20H22N4O3S/c1-11(2)7-22-19(25)17-12(3)16-18(23-9-24-20(16)28-17)21-8-13-4-5-14-15(6-13)27-10-26-14/h4-6,9,11H,7-8,10H2,1-3H3,(H,22,25)(H,21,23,24). The first-order valence-electron chi connectivity index (χ1n) is 9.17. The van der Waals surface area contributed by atoms with Gasteiger partial charge in [0.15, 0.2) is 11.5 Å². The van der Waals surface area contributed by atoms with Gasteiger partial charge in [0.25, 0.3) is 5.91 Å². The quantitative estimate of drug-likeness (QED) is 0.658. The number of anilines is 1. The number of ether oxygens (including phenoxy) is 2. The van der Waals surface area contributed by atoms with E-state index in [2.05, 4.69) is 34.4 Å². The molecule has 28 heavy (non-hydrogen) atoms. The summed E-state index contributed by atoms with van der Waals surface area (Å²) in [5, 5.41) is 7.24. The molecule has 1 aromatic carbocycles. The van der Waals surface area contributed by atoms with Gasteiger partial charge >= 0.3 is 0 Å². The van der Waals surface area contributed by atoms with Crippen molar-refractivity contribution in [3.63, 3.8) is 0 Å². The fraction of sp³-hybridized carbons (Fsp3) is 0.350. The fourth-order valence-corrected chi connectivity index (χ4v) is 4.10. The van der Waals surface area contributed by atoms with Crippen LogP contribution in [-0.4, -0.2) is 29.2 Å². The molecule has 2 N–H and O–H groups in total. The van der Waals surface area contributed by atoms with Gasteiger partial charge in [0.1, 0.15) is 17.0 Å². The van der Waals surface area contributed by atoms with Crippen molar-refractivity contribution in [3.8, 4) is 11.5 Å². The zero-order chi connectivity index (χ0) is 19.7. The lowest BCUT2D eigenvalue weighted by atomic mass is 10.1. The number of nitrogens with one attached hydrogen (secondary N) is 2. The number of benzene rings is 1. The van der Waals surface area contributed by atoms with E-state index in [1.54, 1.807) is 0 Å². The number of aryl methyl sites for hydroxylation is 1. The molecule has 7 nitrogen and oxygen atoms in total. The predicted octanol–water partition coefficient (Wildman–Crippen LogP) is 3.73. The molecule has 0 bridgehead atoms. The number of hydrogen-bond donors (Lipinski definition) is 2. The maximum absolute atomic E-state index is 12.5. The number of rotatable bonds is 6. The molecule has 0 saturated carbocycles. The second-order valence-corrected chi connectivity index (χ2v) is 8.10. The van der Waals surface area contributed by atoms with Gasteiger partial charge in [-0.3, -0.25) is 4.79 Å². The molecular weight excluding hydrogens is 376 g/mol. The predicted molar refractivity (Wildman–Crippen MR) is 109 cm³/mol. The zero-order valence-corrected chi connectivity index (χ0v) is 16.9. The Labute approximate surface area is 167 Å². The van der Waals surface area contributed by atoms with Crippen LogP contribution in [0.4, 0.5) is 5.82 Å². The molecule has 0 saturated heterocycles. The van der Waals surface area contributed by atoms with E-state index < -0.39 is 0 Å². The topological polar surface area (TPSA) is 85.4 Å². The molecule has 2 aromatic heterocycles. The molecule has 0 aliphatic carbocycles. The third-order valence-corrected chi connectivity index (χ3v) is 5.70. The second kappa shape index (κ2) is 7.63. The first-order valence-corrected chi connectivity index (χ1v) is 9.99. The average Bonchev–Trinajstić information content (AvgIpc) is 3.28. The summed E-state index contributed by atoms with van der Waals surface area (Å²) < 4.78 is 10.8. The van der Waals surface area contributed by atoms with Gasteiger partial charge in [0, 0.05) is 13.1 Å². The summed E-state index contributed by atoms with van der Waals surface area (Å²) in [6, 6.07) is 5.85. The van der Waals surface area contributed by atoms with Crippen LogP contribution in [0.15, 0.2) is 24.5 Å². The number of thiophene rings is 1. The average molecular weight is 398 g/mol. The number of aromatic nitrogens is 2. The number of nitrogens with zero attached hydrogens (tertiary/aromatic N) is 2. The number of carbonyl (C=O) groups excluding carboxylic acids is 1. The van der Waals surface area contributed by atoms with E-state index in [0.29, 0.717) is 23.9 Å². The van der Waals surface area contributed by atoms with Crippen molar-refractivity contribution in [2.24, 2.45) is 5.92 Å². The van der Waals surface area contributed by atoms with Gasteiger partial charge in [-0.05, 0) is 36.1 Å². The van der Waals surface area contributed by atoms with Crippen LogP contribution in [0.2, 0.25) is 0 Å². The Morgan fingerprint density at radius 1 is 1.25 bits per heavy atom. The Balaban J connectivity index is 1.56. The van der Waals surface area contributed by atoms with Gasteiger partial charge in [0.05, 0.1) is 10.3 Å². The number of amides is 1. The molecule has 1 aliphatic rings. The highest BCUT2D eigenvalue weighted by molar-refractivity contribution is 7.20. The third-order valence-electron chi connectivity index (χ3n) is 4.50. The van der Waals surface area contributed by atoms with Crippen molar-refractivity contribution >= 4 is 33.3 Å².